The van der Waals surface area contributed by atoms with Gasteiger partial charge in [-0.15, -0.1) is 11.3 Å². The normalized spacial score (nSPS) is 26.5. The van der Waals surface area contributed by atoms with E-state index in [9.17, 15) is 5.11 Å². The Kier molecular flexibility index (Phi) is 4.05. The number of hydrogen-bond donors (Lipinski definition) is 2. The molecule has 0 atom stereocenters. The predicted molar refractivity (Wildman–Crippen MR) is 68.5 cm³/mol. The Bertz CT molecular complexity index is 307. The minimum Gasteiger partial charge on any atom is -0.393 e. The Labute approximate surface area is 103 Å². The van der Waals surface area contributed by atoms with Crippen LogP contribution in [0.1, 0.15) is 25.7 Å². The third-order valence-electron chi connectivity index (χ3n) is 2.95. The van der Waals surface area contributed by atoms with Crippen molar-refractivity contribution in [3.8, 4) is 0 Å². The minimum atomic E-state index is -0.0443. The number of anilines is 1. The van der Waals surface area contributed by atoms with E-state index in [4.69, 9.17) is 0 Å². The van der Waals surface area contributed by atoms with Crippen molar-refractivity contribution >= 4 is 32.3 Å². The minimum absolute atomic E-state index is 0.0443. The third kappa shape index (κ3) is 3.47. The molecule has 0 aliphatic heterocycles. The molecule has 1 fully saturated rings. The summed E-state index contributed by atoms with van der Waals surface area (Å²) in [5.74, 6) is 0.731. The molecule has 84 valence electrons. The van der Waals surface area contributed by atoms with Gasteiger partial charge in [0, 0.05) is 16.4 Å². The average Bonchev–Trinajstić information content (AvgIpc) is 2.64. The molecule has 2 nitrogen and oxygen atoms in total. The van der Waals surface area contributed by atoms with Gasteiger partial charge in [-0.05, 0) is 53.6 Å². The number of hydrogen-bond acceptors (Lipinski definition) is 3. The van der Waals surface area contributed by atoms with E-state index in [1.807, 2.05) is 0 Å². The third-order valence-corrected chi connectivity index (χ3v) is 4.60. The molecule has 0 bridgehead atoms. The topological polar surface area (TPSA) is 32.3 Å². The lowest BCUT2D eigenvalue weighted by molar-refractivity contribution is 0.111. The second-order valence-electron chi connectivity index (χ2n) is 4.18. The first-order valence-corrected chi connectivity index (χ1v) is 7.07. The smallest absolute Gasteiger partial charge is 0.0894 e. The van der Waals surface area contributed by atoms with Gasteiger partial charge in [0.25, 0.3) is 0 Å². The Morgan fingerprint density at radius 2 is 2.13 bits per heavy atom. The monoisotopic (exact) mass is 289 g/mol. The molecular weight excluding hydrogens is 274 g/mol. The van der Waals surface area contributed by atoms with Gasteiger partial charge in [-0.3, -0.25) is 0 Å². The van der Waals surface area contributed by atoms with Crippen molar-refractivity contribution in [2.75, 3.05) is 11.9 Å². The molecule has 0 radical (unpaired) electrons. The second-order valence-corrected chi connectivity index (χ2v) is 6.01. The van der Waals surface area contributed by atoms with Crippen LogP contribution in [0.2, 0.25) is 0 Å². The molecule has 15 heavy (non-hydrogen) atoms. The highest BCUT2D eigenvalue weighted by molar-refractivity contribution is 9.10. The zero-order chi connectivity index (χ0) is 10.7. The predicted octanol–water partition coefficient (Wildman–Crippen LogP) is 3.47. The molecule has 0 spiro atoms. The van der Waals surface area contributed by atoms with Gasteiger partial charge in [0.2, 0.25) is 0 Å². The van der Waals surface area contributed by atoms with E-state index >= 15 is 0 Å². The zero-order valence-electron chi connectivity index (χ0n) is 8.58. The molecule has 1 saturated carbocycles. The Balaban J connectivity index is 1.74. The summed E-state index contributed by atoms with van der Waals surface area (Å²) in [5.41, 5.74) is 0. The van der Waals surface area contributed by atoms with Gasteiger partial charge in [0.05, 0.1) is 11.1 Å². The highest BCUT2D eigenvalue weighted by atomic mass is 79.9. The zero-order valence-corrected chi connectivity index (χ0v) is 11.0. The molecule has 1 aliphatic carbocycles. The van der Waals surface area contributed by atoms with E-state index in [1.165, 1.54) is 5.00 Å². The lowest BCUT2D eigenvalue weighted by Gasteiger charge is -2.25. The van der Waals surface area contributed by atoms with Crippen LogP contribution in [0.5, 0.6) is 0 Å². The molecule has 0 amide bonds. The van der Waals surface area contributed by atoms with E-state index in [2.05, 4.69) is 32.7 Å². The molecule has 1 heterocycles. The van der Waals surface area contributed by atoms with E-state index in [1.54, 1.807) is 11.3 Å². The lowest BCUT2D eigenvalue weighted by Crippen LogP contribution is -2.23. The Hall–Kier alpha value is -0.0600. The van der Waals surface area contributed by atoms with E-state index in [0.717, 1.165) is 42.6 Å². The van der Waals surface area contributed by atoms with Gasteiger partial charge in [-0.1, -0.05) is 0 Å². The fourth-order valence-electron chi connectivity index (χ4n) is 2.00. The number of thiophene rings is 1. The molecule has 1 aromatic rings. The van der Waals surface area contributed by atoms with Crippen LogP contribution in [0.3, 0.4) is 0 Å². The highest BCUT2D eigenvalue weighted by Gasteiger charge is 2.18. The summed E-state index contributed by atoms with van der Waals surface area (Å²) in [7, 11) is 0. The number of aliphatic hydroxyl groups is 1. The van der Waals surface area contributed by atoms with Gasteiger partial charge < -0.3 is 10.4 Å². The van der Waals surface area contributed by atoms with E-state index < -0.39 is 0 Å². The van der Waals surface area contributed by atoms with Gasteiger partial charge in [0.1, 0.15) is 0 Å². The molecule has 4 heteroatoms. The Morgan fingerprint density at radius 3 is 2.73 bits per heavy atom. The molecular formula is C11H16BrNOS. The highest BCUT2D eigenvalue weighted by Crippen LogP contribution is 2.27. The van der Waals surface area contributed by atoms with Crippen LogP contribution in [0.15, 0.2) is 15.9 Å². The second kappa shape index (κ2) is 5.32. The molecule has 2 rings (SSSR count). The van der Waals surface area contributed by atoms with Crippen LogP contribution < -0.4 is 5.32 Å². The first-order valence-electron chi connectivity index (χ1n) is 5.40. The number of nitrogens with one attached hydrogen (secondary N) is 1. The van der Waals surface area contributed by atoms with Gasteiger partial charge in [0.15, 0.2) is 0 Å². The number of aliphatic hydroxyl groups excluding tert-OH is 1. The molecule has 1 aliphatic rings. The van der Waals surface area contributed by atoms with Crippen molar-refractivity contribution in [3.63, 3.8) is 0 Å². The van der Waals surface area contributed by atoms with Crippen molar-refractivity contribution in [1.82, 2.24) is 0 Å². The van der Waals surface area contributed by atoms with Crippen LogP contribution in [-0.4, -0.2) is 17.8 Å². The summed E-state index contributed by atoms with van der Waals surface area (Å²) >= 11 is 5.17. The van der Waals surface area contributed by atoms with Gasteiger partial charge in [-0.25, -0.2) is 0 Å². The van der Waals surface area contributed by atoms with Crippen LogP contribution in [0.25, 0.3) is 0 Å². The maximum absolute atomic E-state index is 9.39. The van der Waals surface area contributed by atoms with Gasteiger partial charge in [-0.2, -0.15) is 0 Å². The summed E-state index contributed by atoms with van der Waals surface area (Å²) in [4.78, 5) is 0. The largest absolute Gasteiger partial charge is 0.393 e. The summed E-state index contributed by atoms with van der Waals surface area (Å²) in [6.45, 7) is 1.04. The van der Waals surface area contributed by atoms with Crippen LogP contribution >= 0.6 is 27.3 Å². The first-order chi connectivity index (χ1) is 7.24. The number of rotatable bonds is 3. The maximum Gasteiger partial charge on any atom is 0.0894 e. The fraction of sp³-hybridized carbons (Fsp3) is 0.636. The van der Waals surface area contributed by atoms with Crippen molar-refractivity contribution in [2.24, 2.45) is 5.92 Å². The van der Waals surface area contributed by atoms with Crippen LogP contribution in [0, 0.1) is 5.92 Å². The van der Waals surface area contributed by atoms with Crippen LogP contribution in [-0.2, 0) is 0 Å². The summed E-state index contributed by atoms with van der Waals surface area (Å²) in [6.07, 6.45) is 4.21. The SMILES string of the molecule is OC1CCC(CNc2cc(Br)cs2)CC1. The summed E-state index contributed by atoms with van der Waals surface area (Å²) in [5, 5.41) is 16.2. The van der Waals surface area contributed by atoms with Crippen LogP contribution in [0.4, 0.5) is 5.00 Å². The Morgan fingerprint density at radius 1 is 1.40 bits per heavy atom. The molecule has 0 unspecified atom stereocenters. The first kappa shape index (κ1) is 11.4. The van der Waals surface area contributed by atoms with Gasteiger partial charge >= 0.3 is 0 Å². The molecule has 1 aromatic heterocycles. The maximum atomic E-state index is 9.39. The van der Waals surface area contributed by atoms with E-state index in [-0.39, 0.29) is 6.10 Å². The average molecular weight is 290 g/mol. The quantitative estimate of drug-likeness (QED) is 0.893. The molecule has 2 N–H and O–H groups in total. The molecule has 0 saturated heterocycles. The summed E-state index contributed by atoms with van der Waals surface area (Å²) in [6, 6.07) is 2.11. The van der Waals surface area contributed by atoms with Crippen molar-refractivity contribution in [2.45, 2.75) is 31.8 Å². The number of halogens is 1. The van der Waals surface area contributed by atoms with Crippen molar-refractivity contribution in [3.05, 3.63) is 15.9 Å². The summed E-state index contributed by atoms with van der Waals surface area (Å²) < 4.78 is 1.15. The fourth-order valence-corrected chi connectivity index (χ4v) is 3.33. The standard InChI is InChI=1S/C11H16BrNOS/c12-9-5-11(15-7-9)13-6-8-1-3-10(14)4-2-8/h5,7-8,10,13-14H,1-4,6H2. The lowest BCUT2D eigenvalue weighted by atomic mass is 9.87. The van der Waals surface area contributed by atoms with Crippen molar-refractivity contribution < 1.29 is 5.11 Å². The van der Waals surface area contributed by atoms with E-state index in [0.29, 0.717) is 0 Å². The molecule has 0 aromatic carbocycles. The van der Waals surface area contributed by atoms with Crippen molar-refractivity contribution in [1.29, 1.82) is 0 Å².